The van der Waals surface area contributed by atoms with E-state index in [2.05, 4.69) is 4.98 Å². The fraction of sp³-hybridized carbons (Fsp3) is 0.280. The van der Waals surface area contributed by atoms with Gasteiger partial charge in [0.15, 0.2) is 5.69 Å². The summed E-state index contributed by atoms with van der Waals surface area (Å²) in [5, 5.41) is 0. The number of hydrogen-bond acceptors (Lipinski definition) is 6. The van der Waals surface area contributed by atoms with Crippen LogP contribution >= 0.6 is 0 Å². The first-order valence-corrected chi connectivity index (χ1v) is 11.3. The average Bonchev–Trinajstić information content (AvgIpc) is 3.25. The lowest BCUT2D eigenvalue weighted by atomic mass is 10.1. The number of rotatable bonds is 8. The molecule has 1 aromatic heterocycles. The second-order valence-corrected chi connectivity index (χ2v) is 8.40. The number of aromatic amines is 1. The lowest BCUT2D eigenvalue weighted by Gasteiger charge is -2.26. The molecular weight excluding hydrogens is 469 g/mol. The molecule has 4 rings (SSSR count). The summed E-state index contributed by atoms with van der Waals surface area (Å²) in [5.74, 6) is -2.60. The average molecular weight is 496 g/mol. The molecule has 1 saturated heterocycles. The molecule has 1 atom stereocenters. The van der Waals surface area contributed by atoms with Crippen LogP contribution in [0, 0.1) is 11.7 Å². The number of para-hydroxylation sites is 1. The number of nitrogens with one attached hydrogen (secondary N) is 1. The van der Waals surface area contributed by atoms with Crippen LogP contribution in [0.1, 0.15) is 12.0 Å². The first-order valence-electron chi connectivity index (χ1n) is 11.3. The Hall–Kier alpha value is -4.25. The summed E-state index contributed by atoms with van der Waals surface area (Å²) in [5.41, 5.74) is 5.38. The van der Waals surface area contributed by atoms with Gasteiger partial charge in [-0.25, -0.2) is 9.18 Å². The Morgan fingerprint density at radius 2 is 1.83 bits per heavy atom. The fourth-order valence-electron chi connectivity index (χ4n) is 4.27. The summed E-state index contributed by atoms with van der Waals surface area (Å²) < 4.78 is 20.6. The van der Waals surface area contributed by atoms with Crippen LogP contribution in [0.5, 0.6) is 0 Å². The smallest absolute Gasteiger partial charge is 0.330 e. The molecule has 36 heavy (non-hydrogen) atoms. The standard InChI is InChI=1S/C25H26FN5O5/c1-36-12-11-29(24(34)17-13-20(32)30(15-17)19-10-6-5-9-18(19)26)21-22(27)31(25(35)28-23(21)33)14-16-7-3-2-4-8-16/h2-10,17H,11-15,27H2,1H3,(H,28,33,35). The predicted molar refractivity (Wildman–Crippen MR) is 132 cm³/mol. The van der Waals surface area contributed by atoms with E-state index >= 15 is 0 Å². The second kappa shape index (κ2) is 10.6. The molecule has 1 fully saturated rings. The molecular formula is C25H26FN5O5. The number of aromatic nitrogens is 2. The summed E-state index contributed by atoms with van der Waals surface area (Å²) in [6.45, 7) is 0.0325. The minimum atomic E-state index is -0.859. The third-order valence-electron chi connectivity index (χ3n) is 6.07. The quantitative estimate of drug-likeness (QED) is 0.485. The van der Waals surface area contributed by atoms with Crippen LogP contribution in [0.4, 0.5) is 21.6 Å². The molecule has 3 N–H and O–H groups in total. The fourth-order valence-corrected chi connectivity index (χ4v) is 4.27. The molecule has 0 aliphatic carbocycles. The zero-order chi connectivity index (χ0) is 25.8. The number of halogens is 1. The zero-order valence-electron chi connectivity index (χ0n) is 19.6. The summed E-state index contributed by atoms with van der Waals surface area (Å²) >= 11 is 0. The maximum Gasteiger partial charge on any atom is 0.330 e. The summed E-state index contributed by atoms with van der Waals surface area (Å²) in [4.78, 5) is 56.3. The lowest BCUT2D eigenvalue weighted by molar-refractivity contribution is -0.124. The number of hydrogen-bond donors (Lipinski definition) is 2. The molecule has 0 bridgehead atoms. The van der Waals surface area contributed by atoms with E-state index in [9.17, 15) is 23.6 Å². The van der Waals surface area contributed by atoms with Gasteiger partial charge in [-0.2, -0.15) is 0 Å². The number of benzene rings is 2. The predicted octanol–water partition coefficient (Wildman–Crippen LogP) is 1.34. The Kier molecular flexibility index (Phi) is 7.30. The van der Waals surface area contributed by atoms with E-state index in [1.54, 1.807) is 30.3 Å². The SMILES string of the molecule is COCCN(C(=O)C1CC(=O)N(c2ccccc2F)C1)c1c(N)n(Cc2ccccc2)c(=O)[nH]c1=O. The first-order chi connectivity index (χ1) is 17.3. The Morgan fingerprint density at radius 1 is 1.14 bits per heavy atom. The minimum Gasteiger partial charge on any atom is -0.383 e. The van der Waals surface area contributed by atoms with Crippen molar-refractivity contribution >= 4 is 29.0 Å². The minimum absolute atomic E-state index is 0.0451. The number of anilines is 3. The Morgan fingerprint density at radius 3 is 2.53 bits per heavy atom. The van der Waals surface area contributed by atoms with Crippen molar-refractivity contribution < 1.29 is 18.7 Å². The molecule has 0 spiro atoms. The lowest BCUT2D eigenvalue weighted by Crippen LogP contribution is -2.45. The molecule has 2 amide bonds. The van der Waals surface area contributed by atoms with Crippen LogP contribution in [0.25, 0.3) is 0 Å². The number of carbonyl (C=O) groups is 2. The van der Waals surface area contributed by atoms with Gasteiger partial charge < -0.3 is 20.3 Å². The third-order valence-corrected chi connectivity index (χ3v) is 6.07. The zero-order valence-corrected chi connectivity index (χ0v) is 19.6. The molecule has 2 heterocycles. The Bertz CT molecular complexity index is 1390. The topological polar surface area (TPSA) is 131 Å². The third kappa shape index (κ3) is 4.91. The summed E-state index contributed by atoms with van der Waals surface area (Å²) in [7, 11) is 1.44. The molecule has 10 nitrogen and oxygen atoms in total. The van der Waals surface area contributed by atoms with E-state index in [4.69, 9.17) is 10.5 Å². The molecule has 1 aliphatic heterocycles. The van der Waals surface area contributed by atoms with Gasteiger partial charge in [-0.05, 0) is 17.7 Å². The van der Waals surface area contributed by atoms with Gasteiger partial charge in [-0.3, -0.25) is 23.9 Å². The molecule has 1 unspecified atom stereocenters. The van der Waals surface area contributed by atoms with E-state index < -0.39 is 34.8 Å². The number of nitrogens with zero attached hydrogens (tertiary/aromatic N) is 3. The summed E-state index contributed by atoms with van der Waals surface area (Å²) in [6, 6.07) is 14.8. The maximum absolute atomic E-state index is 14.3. The van der Waals surface area contributed by atoms with Crippen molar-refractivity contribution in [2.45, 2.75) is 13.0 Å². The van der Waals surface area contributed by atoms with Gasteiger partial charge >= 0.3 is 5.69 Å². The highest BCUT2D eigenvalue weighted by atomic mass is 19.1. The number of amides is 2. The second-order valence-electron chi connectivity index (χ2n) is 8.40. The van der Waals surface area contributed by atoms with E-state index in [-0.39, 0.29) is 49.9 Å². The van der Waals surface area contributed by atoms with Crippen molar-refractivity contribution in [3.05, 3.63) is 86.8 Å². The van der Waals surface area contributed by atoms with E-state index in [1.807, 2.05) is 6.07 Å². The van der Waals surface area contributed by atoms with Crippen molar-refractivity contribution in [2.24, 2.45) is 5.92 Å². The van der Waals surface area contributed by atoms with Gasteiger partial charge in [0.1, 0.15) is 11.6 Å². The molecule has 11 heteroatoms. The molecule has 0 saturated carbocycles. The number of carbonyl (C=O) groups excluding carboxylic acids is 2. The molecule has 0 radical (unpaired) electrons. The van der Waals surface area contributed by atoms with Crippen LogP contribution in [0.3, 0.4) is 0 Å². The van der Waals surface area contributed by atoms with Crippen LogP contribution in [-0.4, -0.2) is 48.2 Å². The number of nitrogens with two attached hydrogens (primary N) is 1. The molecule has 2 aromatic carbocycles. The van der Waals surface area contributed by atoms with Crippen molar-refractivity contribution in [2.75, 3.05) is 42.3 Å². The summed E-state index contributed by atoms with van der Waals surface area (Å²) in [6.07, 6.45) is -0.169. The monoisotopic (exact) mass is 495 g/mol. The molecule has 1 aliphatic rings. The van der Waals surface area contributed by atoms with Gasteiger partial charge in [0.05, 0.1) is 24.8 Å². The Balaban J connectivity index is 1.69. The van der Waals surface area contributed by atoms with E-state index in [0.29, 0.717) is 0 Å². The molecule has 3 aromatic rings. The number of methoxy groups -OCH3 is 1. The van der Waals surface area contributed by atoms with Gasteiger partial charge in [0, 0.05) is 26.6 Å². The number of nitrogen functional groups attached to an aromatic ring is 1. The van der Waals surface area contributed by atoms with Crippen LogP contribution in [-0.2, 0) is 20.9 Å². The van der Waals surface area contributed by atoms with Crippen molar-refractivity contribution in [3.63, 3.8) is 0 Å². The highest BCUT2D eigenvalue weighted by Gasteiger charge is 2.39. The highest BCUT2D eigenvalue weighted by molar-refractivity contribution is 6.05. The first kappa shape index (κ1) is 24.9. The molecule has 188 valence electrons. The largest absolute Gasteiger partial charge is 0.383 e. The number of ether oxygens (including phenoxy) is 1. The highest BCUT2D eigenvalue weighted by Crippen LogP contribution is 2.30. The van der Waals surface area contributed by atoms with Crippen molar-refractivity contribution in [3.8, 4) is 0 Å². The maximum atomic E-state index is 14.3. The van der Waals surface area contributed by atoms with Crippen LogP contribution in [0.15, 0.2) is 64.2 Å². The van der Waals surface area contributed by atoms with Crippen molar-refractivity contribution in [1.82, 2.24) is 9.55 Å². The van der Waals surface area contributed by atoms with Gasteiger partial charge in [-0.1, -0.05) is 42.5 Å². The van der Waals surface area contributed by atoms with Gasteiger partial charge in [0.2, 0.25) is 11.8 Å². The normalized spacial score (nSPS) is 15.3. The van der Waals surface area contributed by atoms with Gasteiger partial charge in [0.25, 0.3) is 5.56 Å². The van der Waals surface area contributed by atoms with Crippen LogP contribution < -0.4 is 26.8 Å². The van der Waals surface area contributed by atoms with E-state index in [0.717, 1.165) is 10.5 Å². The van der Waals surface area contributed by atoms with Gasteiger partial charge in [-0.15, -0.1) is 0 Å². The van der Waals surface area contributed by atoms with E-state index in [1.165, 1.54) is 34.8 Å². The van der Waals surface area contributed by atoms with Crippen molar-refractivity contribution in [1.29, 1.82) is 0 Å². The van der Waals surface area contributed by atoms with Crippen LogP contribution in [0.2, 0.25) is 0 Å². The Labute approximate surface area is 205 Å². The number of H-pyrrole nitrogens is 1.